The summed E-state index contributed by atoms with van der Waals surface area (Å²) in [5.74, 6) is -4.24. The van der Waals surface area contributed by atoms with Gasteiger partial charge in [-0.05, 0) is 24.3 Å². The van der Waals surface area contributed by atoms with Crippen LogP contribution in [-0.2, 0) is 4.79 Å². The van der Waals surface area contributed by atoms with Crippen LogP contribution >= 0.6 is 0 Å². The van der Waals surface area contributed by atoms with Crippen LogP contribution in [-0.4, -0.2) is 19.5 Å². The Hall–Kier alpha value is -2.50. The van der Waals surface area contributed by atoms with Crippen molar-refractivity contribution in [3.63, 3.8) is 0 Å². The fourth-order valence-electron chi connectivity index (χ4n) is 1.93. The maximum Gasteiger partial charge on any atom is 0.228 e. The molecule has 3 nitrogen and oxygen atoms in total. The maximum atomic E-state index is 13.4. The molecular weight excluding hydrogens is 293 g/mol. The summed E-state index contributed by atoms with van der Waals surface area (Å²) < 4.78 is 39.3. The fourth-order valence-corrected chi connectivity index (χ4v) is 1.93. The summed E-state index contributed by atoms with van der Waals surface area (Å²) in [5, 5.41) is 2.59. The zero-order chi connectivity index (χ0) is 16.1. The van der Waals surface area contributed by atoms with E-state index in [0.29, 0.717) is 0 Å². The van der Waals surface area contributed by atoms with Crippen molar-refractivity contribution in [2.45, 2.75) is 6.42 Å². The van der Waals surface area contributed by atoms with E-state index in [9.17, 15) is 18.0 Å². The first kappa shape index (κ1) is 15.9. The van der Waals surface area contributed by atoms with Crippen LogP contribution in [0, 0.1) is 17.5 Å². The Labute approximate surface area is 126 Å². The summed E-state index contributed by atoms with van der Waals surface area (Å²) in [4.78, 5) is 13.5. The molecule has 0 fully saturated rings. The van der Waals surface area contributed by atoms with E-state index in [0.717, 1.165) is 17.8 Å². The van der Waals surface area contributed by atoms with Gasteiger partial charge in [-0.3, -0.25) is 4.79 Å². The molecule has 0 spiro atoms. The number of nitrogens with one attached hydrogen (secondary N) is 1. The Balaban J connectivity index is 1.91. The summed E-state index contributed by atoms with van der Waals surface area (Å²) in [6.07, 6.45) is 0.0871. The minimum Gasteiger partial charge on any atom is -0.382 e. The second-order valence-corrected chi connectivity index (χ2v) is 4.69. The van der Waals surface area contributed by atoms with Crippen molar-refractivity contribution in [2.75, 3.05) is 23.8 Å². The molecule has 2 rings (SSSR count). The summed E-state index contributed by atoms with van der Waals surface area (Å²) in [6.45, 7) is 0.109. The zero-order valence-corrected chi connectivity index (χ0v) is 11.9. The lowest BCUT2D eigenvalue weighted by molar-refractivity contribution is -0.118. The molecule has 2 aromatic carbocycles. The minimum absolute atomic E-state index is 0.0871. The molecule has 0 bridgehead atoms. The van der Waals surface area contributed by atoms with E-state index >= 15 is 0 Å². The molecule has 0 unspecified atom stereocenters. The van der Waals surface area contributed by atoms with E-state index in [1.807, 2.05) is 18.2 Å². The second kappa shape index (κ2) is 6.98. The van der Waals surface area contributed by atoms with Crippen molar-refractivity contribution in [2.24, 2.45) is 0 Å². The van der Waals surface area contributed by atoms with Crippen molar-refractivity contribution < 1.29 is 18.0 Å². The average Bonchev–Trinajstić information content (AvgIpc) is 2.54. The van der Waals surface area contributed by atoms with Crippen molar-refractivity contribution >= 4 is 17.3 Å². The highest BCUT2D eigenvalue weighted by molar-refractivity contribution is 5.93. The van der Waals surface area contributed by atoms with Crippen molar-refractivity contribution in [3.05, 3.63) is 59.9 Å². The van der Waals surface area contributed by atoms with E-state index in [1.165, 1.54) is 4.90 Å². The second-order valence-electron chi connectivity index (χ2n) is 4.69. The fraction of sp³-hybridized carbons (Fsp3) is 0.188. The zero-order valence-electron chi connectivity index (χ0n) is 11.9. The van der Waals surface area contributed by atoms with E-state index in [4.69, 9.17) is 0 Å². The van der Waals surface area contributed by atoms with E-state index < -0.39 is 17.5 Å². The standard InChI is InChI=1S/C16H15F3N2O/c1-21(11-5-3-2-4-6-11)14(22)9-10-20-13-8-7-12(17)15(18)16(13)19/h2-8,20H,9-10H2,1H3. The summed E-state index contributed by atoms with van der Waals surface area (Å²) >= 11 is 0. The first-order valence-electron chi connectivity index (χ1n) is 6.69. The van der Waals surface area contributed by atoms with Crippen LogP contribution in [0.25, 0.3) is 0 Å². The molecule has 0 aromatic heterocycles. The molecule has 0 atom stereocenters. The molecular formula is C16H15F3N2O. The van der Waals surface area contributed by atoms with Crippen molar-refractivity contribution in [3.8, 4) is 0 Å². The topological polar surface area (TPSA) is 32.3 Å². The Bertz CT molecular complexity index is 662. The molecule has 0 saturated carbocycles. The van der Waals surface area contributed by atoms with Crippen LogP contribution in [0.5, 0.6) is 0 Å². The molecule has 1 N–H and O–H groups in total. The smallest absolute Gasteiger partial charge is 0.228 e. The number of anilines is 2. The highest BCUT2D eigenvalue weighted by Crippen LogP contribution is 2.19. The van der Waals surface area contributed by atoms with Gasteiger partial charge in [0.05, 0.1) is 5.69 Å². The first-order valence-corrected chi connectivity index (χ1v) is 6.69. The number of hydrogen-bond acceptors (Lipinski definition) is 2. The molecule has 0 aliphatic carbocycles. The van der Waals surface area contributed by atoms with E-state index in [2.05, 4.69) is 5.32 Å². The Morgan fingerprint density at radius 3 is 2.41 bits per heavy atom. The van der Waals surface area contributed by atoms with Gasteiger partial charge in [-0.2, -0.15) is 0 Å². The number of nitrogens with zero attached hydrogens (tertiary/aromatic N) is 1. The van der Waals surface area contributed by atoms with E-state index in [1.54, 1.807) is 19.2 Å². The third-order valence-electron chi connectivity index (χ3n) is 3.21. The van der Waals surface area contributed by atoms with Gasteiger partial charge in [-0.15, -0.1) is 0 Å². The van der Waals surface area contributed by atoms with E-state index in [-0.39, 0.29) is 24.6 Å². The largest absolute Gasteiger partial charge is 0.382 e. The van der Waals surface area contributed by atoms with Crippen molar-refractivity contribution in [1.29, 1.82) is 0 Å². The van der Waals surface area contributed by atoms with Crippen LogP contribution in [0.2, 0.25) is 0 Å². The molecule has 1 amide bonds. The molecule has 2 aromatic rings. The highest BCUT2D eigenvalue weighted by Gasteiger charge is 2.14. The van der Waals surface area contributed by atoms with Gasteiger partial charge in [0.25, 0.3) is 0 Å². The summed E-state index contributed by atoms with van der Waals surface area (Å²) in [6, 6.07) is 11.0. The van der Waals surface area contributed by atoms with Gasteiger partial charge in [0.1, 0.15) is 0 Å². The maximum absolute atomic E-state index is 13.4. The van der Waals surface area contributed by atoms with Crippen LogP contribution < -0.4 is 10.2 Å². The number of hydrogen-bond donors (Lipinski definition) is 1. The number of benzene rings is 2. The molecule has 0 aliphatic heterocycles. The Morgan fingerprint density at radius 2 is 1.73 bits per heavy atom. The lowest BCUT2D eigenvalue weighted by Gasteiger charge is -2.17. The van der Waals surface area contributed by atoms with Gasteiger partial charge < -0.3 is 10.2 Å². The average molecular weight is 308 g/mol. The van der Waals surface area contributed by atoms with Gasteiger partial charge in [-0.1, -0.05) is 18.2 Å². The van der Waals surface area contributed by atoms with Gasteiger partial charge >= 0.3 is 0 Å². The number of carbonyl (C=O) groups excluding carboxylic acids is 1. The third kappa shape index (κ3) is 3.58. The normalized spacial score (nSPS) is 10.4. The minimum atomic E-state index is -1.53. The number of carbonyl (C=O) groups is 1. The third-order valence-corrected chi connectivity index (χ3v) is 3.21. The van der Waals surface area contributed by atoms with Crippen LogP contribution in [0.4, 0.5) is 24.5 Å². The molecule has 0 saturated heterocycles. The molecule has 6 heteroatoms. The summed E-state index contributed by atoms with van der Waals surface area (Å²) in [5.41, 5.74) is 0.570. The van der Waals surface area contributed by atoms with Gasteiger partial charge in [0.2, 0.25) is 5.91 Å². The van der Waals surface area contributed by atoms with Gasteiger partial charge in [-0.25, -0.2) is 13.2 Å². The van der Waals surface area contributed by atoms with Crippen LogP contribution in [0.3, 0.4) is 0 Å². The van der Waals surface area contributed by atoms with Gasteiger partial charge in [0, 0.05) is 25.7 Å². The Morgan fingerprint density at radius 1 is 1.05 bits per heavy atom. The number of halogens is 3. The lowest BCUT2D eigenvalue weighted by Crippen LogP contribution is -2.27. The molecule has 0 aliphatic rings. The SMILES string of the molecule is CN(C(=O)CCNc1ccc(F)c(F)c1F)c1ccccc1. The highest BCUT2D eigenvalue weighted by atomic mass is 19.2. The predicted molar refractivity (Wildman–Crippen MR) is 79.3 cm³/mol. The molecule has 0 heterocycles. The number of rotatable bonds is 5. The quantitative estimate of drug-likeness (QED) is 0.857. The van der Waals surface area contributed by atoms with Gasteiger partial charge in [0.15, 0.2) is 17.5 Å². The molecule has 22 heavy (non-hydrogen) atoms. The van der Waals surface area contributed by atoms with Crippen LogP contribution in [0.15, 0.2) is 42.5 Å². The Kier molecular flexibility index (Phi) is 5.04. The lowest BCUT2D eigenvalue weighted by atomic mass is 10.2. The molecule has 0 radical (unpaired) electrons. The van der Waals surface area contributed by atoms with Crippen molar-refractivity contribution in [1.82, 2.24) is 0 Å². The molecule has 116 valence electrons. The van der Waals surface area contributed by atoms with Crippen LogP contribution in [0.1, 0.15) is 6.42 Å². The number of amides is 1. The summed E-state index contributed by atoms with van der Waals surface area (Å²) in [7, 11) is 1.63. The predicted octanol–water partition coefficient (Wildman–Crippen LogP) is 3.57. The first-order chi connectivity index (χ1) is 10.5. The number of para-hydroxylation sites is 1. The monoisotopic (exact) mass is 308 g/mol.